The number of aryl methyl sites for hydroxylation is 1. The van der Waals surface area contributed by atoms with E-state index in [9.17, 15) is 9.59 Å². The summed E-state index contributed by atoms with van der Waals surface area (Å²) in [4.78, 5) is 26.5. The molecule has 8 nitrogen and oxygen atoms in total. The molecule has 0 radical (unpaired) electrons. The number of urea groups is 1. The van der Waals surface area contributed by atoms with Crippen LogP contribution < -0.4 is 10.6 Å². The third-order valence-corrected chi connectivity index (χ3v) is 3.20. The average molecular weight is 301 g/mol. The number of H-pyrrole nitrogens is 1. The number of amides is 2. The number of hydrogen-bond acceptors (Lipinski definition) is 5. The van der Waals surface area contributed by atoms with Crippen LogP contribution in [0.15, 0.2) is 6.33 Å². The molecule has 1 heterocycles. The largest absolute Gasteiger partial charge is 0.480 e. The lowest BCUT2D eigenvalue weighted by Crippen LogP contribution is -2.46. The molecule has 1 aromatic heterocycles. The minimum absolute atomic E-state index is 0.405. The lowest BCUT2D eigenvalue weighted by Gasteiger charge is -2.14. The van der Waals surface area contributed by atoms with E-state index in [-0.39, 0.29) is 0 Å². The van der Waals surface area contributed by atoms with Gasteiger partial charge >= 0.3 is 12.0 Å². The van der Waals surface area contributed by atoms with Crippen LogP contribution in [0.4, 0.5) is 4.79 Å². The first kappa shape index (κ1) is 16.3. The minimum atomic E-state index is -1.02. The van der Waals surface area contributed by atoms with E-state index in [1.807, 2.05) is 6.26 Å². The number of nitrogens with zero attached hydrogens (tertiary/aromatic N) is 2. The van der Waals surface area contributed by atoms with Crippen molar-refractivity contribution < 1.29 is 14.7 Å². The lowest BCUT2D eigenvalue weighted by molar-refractivity contribution is -0.139. The number of carboxylic acids is 1. The number of hydrogen-bond donors (Lipinski definition) is 4. The van der Waals surface area contributed by atoms with Gasteiger partial charge in [0.05, 0.1) is 0 Å². The van der Waals surface area contributed by atoms with Gasteiger partial charge in [0.15, 0.2) is 0 Å². The number of thioether (sulfide) groups is 1. The van der Waals surface area contributed by atoms with Crippen molar-refractivity contribution in [2.24, 2.45) is 0 Å². The van der Waals surface area contributed by atoms with Gasteiger partial charge in [-0.2, -0.15) is 16.9 Å². The summed E-state index contributed by atoms with van der Waals surface area (Å²) in [5, 5.41) is 20.5. The molecule has 0 aromatic carbocycles. The minimum Gasteiger partial charge on any atom is -0.480 e. The maximum absolute atomic E-state index is 11.6. The molecule has 1 atom stereocenters. The van der Waals surface area contributed by atoms with Crippen molar-refractivity contribution in [3.05, 3.63) is 12.2 Å². The molecule has 20 heavy (non-hydrogen) atoms. The maximum atomic E-state index is 11.6. The fourth-order valence-corrected chi connectivity index (χ4v) is 1.98. The van der Waals surface area contributed by atoms with Crippen LogP contribution in [-0.4, -0.2) is 56.9 Å². The third-order valence-electron chi connectivity index (χ3n) is 2.55. The molecule has 1 rings (SSSR count). The quantitative estimate of drug-likeness (QED) is 0.485. The second-order valence-corrected chi connectivity index (χ2v) is 5.09. The van der Waals surface area contributed by atoms with Gasteiger partial charge in [-0.25, -0.2) is 14.6 Å². The fourth-order valence-electron chi connectivity index (χ4n) is 1.51. The second-order valence-electron chi connectivity index (χ2n) is 4.11. The van der Waals surface area contributed by atoms with Gasteiger partial charge in [0.2, 0.25) is 0 Å². The zero-order chi connectivity index (χ0) is 14.8. The van der Waals surface area contributed by atoms with Crippen LogP contribution in [0.1, 0.15) is 18.7 Å². The molecule has 2 amide bonds. The topological polar surface area (TPSA) is 120 Å². The molecule has 0 fully saturated rings. The monoisotopic (exact) mass is 301 g/mol. The Morgan fingerprint density at radius 1 is 1.55 bits per heavy atom. The zero-order valence-electron chi connectivity index (χ0n) is 11.3. The van der Waals surface area contributed by atoms with E-state index in [1.54, 1.807) is 11.8 Å². The normalized spacial score (nSPS) is 11.8. The van der Waals surface area contributed by atoms with E-state index < -0.39 is 18.0 Å². The van der Waals surface area contributed by atoms with Gasteiger partial charge in [0.25, 0.3) is 0 Å². The first-order valence-corrected chi connectivity index (χ1v) is 7.63. The van der Waals surface area contributed by atoms with Crippen molar-refractivity contribution >= 4 is 23.8 Å². The SMILES string of the molecule is CSCC[C@H](NC(=O)NCCCc1ncn[nH]1)C(=O)O. The summed E-state index contributed by atoms with van der Waals surface area (Å²) < 4.78 is 0. The molecule has 0 aliphatic heterocycles. The summed E-state index contributed by atoms with van der Waals surface area (Å²) in [5.41, 5.74) is 0. The van der Waals surface area contributed by atoms with Crippen LogP contribution in [0.2, 0.25) is 0 Å². The Bertz CT molecular complexity index is 412. The van der Waals surface area contributed by atoms with Gasteiger partial charge in [0.1, 0.15) is 18.2 Å². The Morgan fingerprint density at radius 2 is 2.35 bits per heavy atom. The predicted molar refractivity (Wildman–Crippen MR) is 75.7 cm³/mol. The van der Waals surface area contributed by atoms with Gasteiger partial charge in [-0.3, -0.25) is 5.10 Å². The standard InChI is InChI=1S/C11H19N5O3S/c1-20-6-4-8(10(17)18)15-11(19)12-5-2-3-9-13-7-14-16-9/h7-8H,2-6H2,1H3,(H,17,18)(H2,12,15,19)(H,13,14,16)/t8-/m0/s1. The molecule has 0 unspecified atom stereocenters. The number of nitrogens with one attached hydrogen (secondary N) is 3. The number of carboxylic acid groups (broad SMARTS) is 1. The Balaban J connectivity index is 2.18. The van der Waals surface area contributed by atoms with Crippen molar-refractivity contribution in [3.63, 3.8) is 0 Å². The van der Waals surface area contributed by atoms with E-state index in [0.29, 0.717) is 31.6 Å². The van der Waals surface area contributed by atoms with Gasteiger partial charge in [0, 0.05) is 13.0 Å². The van der Waals surface area contributed by atoms with Crippen molar-refractivity contribution in [3.8, 4) is 0 Å². The van der Waals surface area contributed by atoms with E-state index >= 15 is 0 Å². The summed E-state index contributed by atoms with van der Waals surface area (Å²) in [5.74, 6) is 0.425. The highest BCUT2D eigenvalue weighted by Gasteiger charge is 2.18. The third kappa shape index (κ3) is 6.41. The lowest BCUT2D eigenvalue weighted by atomic mass is 10.2. The van der Waals surface area contributed by atoms with E-state index in [2.05, 4.69) is 25.8 Å². The summed E-state index contributed by atoms with van der Waals surface area (Å²) in [6.07, 6.45) is 5.10. The van der Waals surface area contributed by atoms with Crippen LogP contribution in [-0.2, 0) is 11.2 Å². The fraction of sp³-hybridized carbons (Fsp3) is 0.636. The first-order valence-electron chi connectivity index (χ1n) is 6.24. The van der Waals surface area contributed by atoms with Gasteiger partial charge in [-0.05, 0) is 24.9 Å². The second kappa shape index (κ2) is 9.18. The average Bonchev–Trinajstić information content (AvgIpc) is 2.92. The molecule has 0 aliphatic carbocycles. The molecule has 0 spiro atoms. The molecule has 9 heteroatoms. The summed E-state index contributed by atoms with van der Waals surface area (Å²) in [7, 11) is 0. The molecule has 0 aliphatic rings. The summed E-state index contributed by atoms with van der Waals surface area (Å²) in [6.45, 7) is 0.446. The van der Waals surface area contributed by atoms with E-state index in [1.165, 1.54) is 6.33 Å². The van der Waals surface area contributed by atoms with Crippen molar-refractivity contribution in [2.75, 3.05) is 18.6 Å². The molecule has 0 bridgehead atoms. The molecule has 0 saturated carbocycles. The Labute approximate surface area is 121 Å². The van der Waals surface area contributed by atoms with Crippen LogP contribution in [0.5, 0.6) is 0 Å². The van der Waals surface area contributed by atoms with Crippen LogP contribution in [0, 0.1) is 0 Å². The van der Waals surface area contributed by atoms with Gasteiger partial charge in [-0.1, -0.05) is 0 Å². The Kier molecular flexibility index (Phi) is 7.48. The van der Waals surface area contributed by atoms with Gasteiger partial charge < -0.3 is 15.7 Å². The highest BCUT2D eigenvalue weighted by molar-refractivity contribution is 7.98. The summed E-state index contributed by atoms with van der Waals surface area (Å²) >= 11 is 1.54. The predicted octanol–water partition coefficient (Wildman–Crippen LogP) is 0.243. The molecule has 1 aromatic rings. The molecule has 4 N–H and O–H groups in total. The van der Waals surface area contributed by atoms with E-state index in [0.717, 1.165) is 5.82 Å². The summed E-state index contributed by atoms with van der Waals surface area (Å²) in [6, 6.07) is -1.31. The van der Waals surface area contributed by atoms with Crippen LogP contribution in [0.25, 0.3) is 0 Å². The number of aromatic amines is 1. The highest BCUT2D eigenvalue weighted by Crippen LogP contribution is 2.01. The van der Waals surface area contributed by atoms with Crippen LogP contribution in [0.3, 0.4) is 0 Å². The molecular formula is C11H19N5O3S. The maximum Gasteiger partial charge on any atom is 0.326 e. The number of aliphatic carboxylic acids is 1. The Morgan fingerprint density at radius 3 is 2.95 bits per heavy atom. The Hall–Kier alpha value is -1.77. The van der Waals surface area contributed by atoms with Crippen molar-refractivity contribution in [1.29, 1.82) is 0 Å². The van der Waals surface area contributed by atoms with Crippen LogP contribution >= 0.6 is 11.8 Å². The number of aromatic nitrogens is 3. The number of carbonyl (C=O) groups excluding carboxylic acids is 1. The molecular weight excluding hydrogens is 282 g/mol. The van der Waals surface area contributed by atoms with E-state index in [4.69, 9.17) is 5.11 Å². The molecule has 0 saturated heterocycles. The van der Waals surface area contributed by atoms with Crippen molar-refractivity contribution in [1.82, 2.24) is 25.8 Å². The van der Waals surface area contributed by atoms with Crippen molar-refractivity contribution in [2.45, 2.75) is 25.3 Å². The molecule has 112 valence electrons. The zero-order valence-corrected chi connectivity index (χ0v) is 12.1. The van der Waals surface area contributed by atoms with Gasteiger partial charge in [-0.15, -0.1) is 0 Å². The smallest absolute Gasteiger partial charge is 0.326 e. The number of carbonyl (C=O) groups is 2. The highest BCUT2D eigenvalue weighted by atomic mass is 32.2. The number of rotatable bonds is 9. The first-order chi connectivity index (χ1) is 9.63.